The summed E-state index contributed by atoms with van der Waals surface area (Å²) in [5, 5.41) is 1.70. The summed E-state index contributed by atoms with van der Waals surface area (Å²) < 4.78 is 39.7. The molecule has 0 amide bonds. The van der Waals surface area contributed by atoms with Gasteiger partial charge >= 0.3 is 6.18 Å². The van der Waals surface area contributed by atoms with Crippen molar-refractivity contribution in [1.82, 2.24) is 0 Å². The molecule has 0 atom stereocenters. The largest absolute Gasteiger partial charge is 0.416 e. The average Bonchev–Trinajstić information content (AvgIpc) is 2.11. The van der Waals surface area contributed by atoms with Gasteiger partial charge in [0.05, 0.1) is 21.7 Å². The number of halogens is 3. The predicted molar refractivity (Wildman–Crippen MR) is 82.1 cm³/mol. The van der Waals surface area contributed by atoms with Crippen LogP contribution in [-0.2, 0) is 6.18 Å². The first-order chi connectivity index (χ1) is 8.24. The quantitative estimate of drug-likeness (QED) is 0.722. The van der Waals surface area contributed by atoms with Crippen LogP contribution in [0.3, 0.4) is 0 Å². The lowest BCUT2D eigenvalue weighted by Gasteiger charge is -2.28. The minimum atomic E-state index is -4.25. The maximum atomic E-state index is 13.2. The van der Waals surface area contributed by atoms with Crippen molar-refractivity contribution in [2.45, 2.75) is 52.4 Å². The molecule has 0 aliphatic carbocycles. The molecular formula is C14H23F3Si2. The van der Waals surface area contributed by atoms with Gasteiger partial charge in [0.1, 0.15) is 0 Å². The zero-order valence-electron chi connectivity index (χ0n) is 12.8. The van der Waals surface area contributed by atoms with Crippen molar-refractivity contribution in [2.24, 2.45) is 0 Å². The Bertz CT molecular complexity index is 477. The van der Waals surface area contributed by atoms with Gasteiger partial charge in [0.2, 0.25) is 0 Å². The van der Waals surface area contributed by atoms with E-state index in [0.717, 1.165) is 10.8 Å². The molecule has 1 aromatic carbocycles. The van der Waals surface area contributed by atoms with E-state index < -0.39 is 27.9 Å². The van der Waals surface area contributed by atoms with Gasteiger partial charge in [-0.1, -0.05) is 56.1 Å². The maximum Gasteiger partial charge on any atom is 0.416 e. The van der Waals surface area contributed by atoms with Crippen LogP contribution in [0.1, 0.15) is 11.1 Å². The van der Waals surface area contributed by atoms with Crippen molar-refractivity contribution in [1.29, 1.82) is 0 Å². The number of hydrogen-bond acceptors (Lipinski definition) is 0. The molecule has 5 heteroatoms. The van der Waals surface area contributed by atoms with Gasteiger partial charge in [-0.3, -0.25) is 0 Å². The summed E-state index contributed by atoms with van der Waals surface area (Å²) in [6.45, 7) is 14.3. The molecular weight excluding hydrogens is 281 g/mol. The molecule has 0 saturated heterocycles. The van der Waals surface area contributed by atoms with Crippen LogP contribution in [0.25, 0.3) is 0 Å². The second-order valence-corrected chi connectivity index (χ2v) is 17.3. The molecule has 0 nitrogen and oxygen atoms in total. The fourth-order valence-electron chi connectivity index (χ4n) is 2.37. The zero-order valence-corrected chi connectivity index (χ0v) is 14.8. The van der Waals surface area contributed by atoms with Crippen molar-refractivity contribution in [3.63, 3.8) is 0 Å². The molecule has 0 unspecified atom stereocenters. The standard InChI is InChI=1S/C14H23F3Si2/c1-10-8-11(14(15,16)17)13(19(5,6)7)9-12(10)18(2,3)4/h8-9H,1-7H3. The van der Waals surface area contributed by atoms with Crippen molar-refractivity contribution >= 4 is 26.5 Å². The summed E-state index contributed by atoms with van der Waals surface area (Å²) in [5.74, 6) is 0. The third-order valence-electron chi connectivity index (χ3n) is 3.29. The lowest BCUT2D eigenvalue weighted by atomic mass is 10.1. The van der Waals surface area contributed by atoms with E-state index in [4.69, 9.17) is 0 Å². The third kappa shape index (κ3) is 3.72. The Morgan fingerprint density at radius 2 is 1.21 bits per heavy atom. The van der Waals surface area contributed by atoms with Crippen molar-refractivity contribution in [2.75, 3.05) is 0 Å². The molecule has 1 aromatic rings. The Kier molecular flexibility index (Phi) is 4.14. The van der Waals surface area contributed by atoms with Crippen molar-refractivity contribution in [3.8, 4) is 0 Å². The number of hydrogen-bond donors (Lipinski definition) is 0. The second-order valence-electron chi connectivity index (χ2n) is 7.21. The monoisotopic (exact) mass is 304 g/mol. The molecule has 0 radical (unpaired) electrons. The van der Waals surface area contributed by atoms with Crippen molar-refractivity contribution in [3.05, 3.63) is 23.3 Å². The van der Waals surface area contributed by atoms with E-state index in [9.17, 15) is 13.2 Å². The van der Waals surface area contributed by atoms with Gasteiger partial charge in [-0.15, -0.1) is 0 Å². The lowest BCUT2D eigenvalue weighted by Crippen LogP contribution is -2.49. The highest BCUT2D eigenvalue weighted by molar-refractivity contribution is 6.91. The predicted octanol–water partition coefficient (Wildman–Crippen LogP) is 4.10. The highest BCUT2D eigenvalue weighted by Gasteiger charge is 2.38. The summed E-state index contributed by atoms with van der Waals surface area (Å²) >= 11 is 0. The number of aryl methyl sites for hydroxylation is 1. The first-order valence-corrected chi connectivity index (χ1v) is 13.5. The Morgan fingerprint density at radius 1 is 0.789 bits per heavy atom. The summed E-state index contributed by atoms with van der Waals surface area (Å²) in [6, 6.07) is 3.22. The molecule has 1 rings (SSSR count). The van der Waals surface area contributed by atoms with E-state index in [1.165, 1.54) is 6.07 Å². The summed E-state index contributed by atoms with van der Waals surface area (Å²) in [5.41, 5.74) is 0.361. The smallest absolute Gasteiger partial charge is 0.166 e. The second kappa shape index (κ2) is 4.77. The molecule has 0 bridgehead atoms. The average molecular weight is 305 g/mol. The third-order valence-corrected chi connectivity index (χ3v) is 7.47. The van der Waals surface area contributed by atoms with Crippen LogP contribution >= 0.6 is 0 Å². The molecule has 0 fully saturated rings. The first kappa shape index (κ1) is 16.5. The van der Waals surface area contributed by atoms with Gasteiger partial charge in [-0.05, 0) is 18.2 Å². The van der Waals surface area contributed by atoms with Gasteiger partial charge in [0.15, 0.2) is 0 Å². The molecule has 0 aliphatic heterocycles. The molecule has 19 heavy (non-hydrogen) atoms. The maximum absolute atomic E-state index is 13.2. The number of alkyl halides is 3. The van der Waals surface area contributed by atoms with Gasteiger partial charge in [-0.2, -0.15) is 13.2 Å². The molecule has 108 valence electrons. The fourth-order valence-corrected chi connectivity index (χ4v) is 5.95. The SMILES string of the molecule is Cc1cc(C(F)(F)F)c([Si](C)(C)C)cc1[Si](C)(C)C. The van der Waals surface area contributed by atoms with Gasteiger partial charge in [0, 0.05) is 0 Å². The minimum absolute atomic E-state index is 0.425. The van der Waals surface area contributed by atoms with Crippen LogP contribution in [0.2, 0.25) is 39.3 Å². The molecule has 0 aromatic heterocycles. The highest BCUT2D eigenvalue weighted by atomic mass is 28.3. The van der Waals surface area contributed by atoms with Gasteiger partial charge in [-0.25, -0.2) is 0 Å². The van der Waals surface area contributed by atoms with Crippen molar-refractivity contribution < 1.29 is 13.2 Å². The Labute approximate surface area is 116 Å². The van der Waals surface area contributed by atoms with Crippen LogP contribution in [0.15, 0.2) is 12.1 Å². The van der Waals surface area contributed by atoms with Gasteiger partial charge in [0.25, 0.3) is 0 Å². The minimum Gasteiger partial charge on any atom is -0.166 e. The zero-order chi connectivity index (χ0) is 15.2. The van der Waals surface area contributed by atoms with Crippen LogP contribution in [-0.4, -0.2) is 16.1 Å². The Balaban J connectivity index is 3.66. The number of benzene rings is 1. The highest BCUT2D eigenvalue weighted by Crippen LogP contribution is 2.30. The first-order valence-electron chi connectivity index (χ1n) is 6.47. The van der Waals surface area contributed by atoms with Crippen LogP contribution in [0.5, 0.6) is 0 Å². The van der Waals surface area contributed by atoms with Crippen LogP contribution < -0.4 is 10.4 Å². The normalized spacial score (nSPS) is 13.8. The molecule has 0 saturated carbocycles. The Hall–Kier alpha value is -0.556. The van der Waals surface area contributed by atoms with Gasteiger partial charge < -0.3 is 0 Å². The summed E-state index contributed by atoms with van der Waals surface area (Å²) in [4.78, 5) is 0. The summed E-state index contributed by atoms with van der Waals surface area (Å²) in [6.07, 6.45) is -4.25. The van der Waals surface area contributed by atoms with E-state index >= 15 is 0 Å². The molecule has 0 N–H and O–H groups in total. The van der Waals surface area contributed by atoms with E-state index in [1.807, 2.05) is 25.7 Å². The molecule has 0 spiro atoms. The van der Waals surface area contributed by atoms with Crippen LogP contribution in [0.4, 0.5) is 13.2 Å². The topological polar surface area (TPSA) is 0 Å². The fraction of sp³-hybridized carbons (Fsp3) is 0.571. The Morgan fingerprint density at radius 3 is 1.53 bits per heavy atom. The number of rotatable bonds is 2. The molecule has 0 aliphatic rings. The van der Waals surface area contributed by atoms with E-state index in [2.05, 4.69) is 19.6 Å². The van der Waals surface area contributed by atoms with E-state index in [0.29, 0.717) is 5.19 Å². The summed E-state index contributed by atoms with van der Waals surface area (Å²) in [7, 11) is -3.63. The van der Waals surface area contributed by atoms with Crippen LogP contribution in [0, 0.1) is 6.92 Å². The van der Waals surface area contributed by atoms with E-state index in [-0.39, 0.29) is 0 Å². The lowest BCUT2D eigenvalue weighted by molar-refractivity contribution is -0.136. The molecule has 0 heterocycles. The van der Waals surface area contributed by atoms with E-state index in [1.54, 1.807) is 6.92 Å².